The van der Waals surface area contributed by atoms with Gasteiger partial charge in [-0.15, -0.1) is 0 Å². The molecule has 0 atom stereocenters. The molecule has 1 aromatic heterocycles. The van der Waals surface area contributed by atoms with Gasteiger partial charge in [-0.2, -0.15) is 0 Å². The lowest BCUT2D eigenvalue weighted by Crippen LogP contribution is -2.19. The molecule has 12 heavy (non-hydrogen) atoms. The van der Waals surface area contributed by atoms with Gasteiger partial charge in [-0.3, -0.25) is 4.79 Å². The van der Waals surface area contributed by atoms with E-state index in [1.807, 2.05) is 0 Å². The van der Waals surface area contributed by atoms with Crippen LogP contribution in [0.5, 0.6) is 0 Å². The zero-order valence-corrected chi connectivity index (χ0v) is 7.26. The molecule has 1 rings (SSSR count). The van der Waals surface area contributed by atoms with Gasteiger partial charge in [-0.25, -0.2) is 0 Å². The number of aromatic amines is 1. The molecule has 0 saturated carbocycles. The van der Waals surface area contributed by atoms with E-state index in [1.165, 1.54) is 0 Å². The van der Waals surface area contributed by atoms with Crippen LogP contribution >= 0.6 is 0 Å². The predicted octanol–water partition coefficient (Wildman–Crippen LogP) is 0.875. The van der Waals surface area contributed by atoms with E-state index in [0.717, 1.165) is 18.5 Å². The lowest BCUT2D eigenvalue weighted by Gasteiger charge is -2.00. The Morgan fingerprint density at radius 2 is 2.42 bits per heavy atom. The second-order valence-corrected chi connectivity index (χ2v) is 2.71. The van der Waals surface area contributed by atoms with Crippen LogP contribution in [0.4, 0.5) is 0 Å². The lowest BCUT2D eigenvalue weighted by molar-refractivity contribution is 0.671. The SMILES string of the molecule is CCCNCc1c[nH]ccc1=O. The number of aromatic nitrogens is 1. The zero-order valence-electron chi connectivity index (χ0n) is 7.26. The fraction of sp³-hybridized carbons (Fsp3) is 0.444. The highest BCUT2D eigenvalue weighted by molar-refractivity contribution is 5.08. The zero-order chi connectivity index (χ0) is 8.81. The molecule has 1 heterocycles. The van der Waals surface area contributed by atoms with Crippen molar-refractivity contribution < 1.29 is 0 Å². The molecule has 0 aliphatic heterocycles. The smallest absolute Gasteiger partial charge is 0.186 e. The van der Waals surface area contributed by atoms with Gasteiger partial charge in [-0.05, 0) is 13.0 Å². The summed E-state index contributed by atoms with van der Waals surface area (Å²) < 4.78 is 0. The largest absolute Gasteiger partial charge is 0.367 e. The van der Waals surface area contributed by atoms with E-state index in [0.29, 0.717) is 6.54 Å². The number of hydrogen-bond donors (Lipinski definition) is 2. The summed E-state index contributed by atoms with van der Waals surface area (Å²) in [6.45, 7) is 3.71. The third-order valence-corrected chi connectivity index (χ3v) is 1.65. The first-order chi connectivity index (χ1) is 5.84. The van der Waals surface area contributed by atoms with Gasteiger partial charge in [0, 0.05) is 30.6 Å². The topological polar surface area (TPSA) is 44.9 Å². The summed E-state index contributed by atoms with van der Waals surface area (Å²) in [6, 6.07) is 1.54. The normalized spacial score (nSPS) is 10.1. The van der Waals surface area contributed by atoms with E-state index >= 15 is 0 Å². The summed E-state index contributed by atoms with van der Waals surface area (Å²) in [5.41, 5.74) is 0.892. The van der Waals surface area contributed by atoms with E-state index in [1.54, 1.807) is 18.5 Å². The maximum Gasteiger partial charge on any atom is 0.186 e. The molecule has 0 aliphatic carbocycles. The third-order valence-electron chi connectivity index (χ3n) is 1.65. The number of nitrogens with one attached hydrogen (secondary N) is 2. The lowest BCUT2D eigenvalue weighted by atomic mass is 10.3. The number of rotatable bonds is 4. The van der Waals surface area contributed by atoms with Crippen molar-refractivity contribution in [3.05, 3.63) is 34.2 Å². The quantitative estimate of drug-likeness (QED) is 0.652. The highest BCUT2D eigenvalue weighted by Gasteiger charge is 1.94. The van der Waals surface area contributed by atoms with Gasteiger partial charge in [0.25, 0.3) is 0 Å². The molecule has 0 aliphatic rings. The minimum absolute atomic E-state index is 0.0948. The second-order valence-electron chi connectivity index (χ2n) is 2.71. The second kappa shape index (κ2) is 4.72. The van der Waals surface area contributed by atoms with Crippen molar-refractivity contribution in [3.8, 4) is 0 Å². The molecule has 0 amide bonds. The van der Waals surface area contributed by atoms with Gasteiger partial charge in [0.05, 0.1) is 0 Å². The van der Waals surface area contributed by atoms with Crippen LogP contribution in [0, 0.1) is 0 Å². The van der Waals surface area contributed by atoms with Gasteiger partial charge in [0.1, 0.15) is 0 Å². The molecular weight excluding hydrogens is 152 g/mol. The van der Waals surface area contributed by atoms with Crippen LogP contribution in [0.2, 0.25) is 0 Å². The minimum Gasteiger partial charge on any atom is -0.367 e. The molecule has 0 unspecified atom stereocenters. The van der Waals surface area contributed by atoms with E-state index in [2.05, 4.69) is 17.2 Å². The molecular formula is C9H14N2O. The Kier molecular flexibility index (Phi) is 3.54. The van der Waals surface area contributed by atoms with Crippen molar-refractivity contribution in [3.63, 3.8) is 0 Å². The molecule has 1 aromatic rings. The molecule has 0 aromatic carbocycles. The van der Waals surface area contributed by atoms with Gasteiger partial charge in [0.2, 0.25) is 0 Å². The highest BCUT2D eigenvalue weighted by Crippen LogP contribution is 1.86. The van der Waals surface area contributed by atoms with Crippen molar-refractivity contribution in [2.45, 2.75) is 19.9 Å². The predicted molar refractivity (Wildman–Crippen MR) is 49.1 cm³/mol. The molecule has 0 spiro atoms. The third kappa shape index (κ3) is 2.51. The van der Waals surface area contributed by atoms with Gasteiger partial charge < -0.3 is 10.3 Å². The Hall–Kier alpha value is -1.09. The molecule has 3 heteroatoms. The van der Waals surface area contributed by atoms with Crippen molar-refractivity contribution in [1.29, 1.82) is 0 Å². The van der Waals surface area contributed by atoms with Crippen LogP contribution in [0.3, 0.4) is 0 Å². The fourth-order valence-electron chi connectivity index (χ4n) is 0.989. The van der Waals surface area contributed by atoms with Crippen LogP contribution in [-0.2, 0) is 6.54 Å². The standard InChI is InChI=1S/C9H14N2O/c1-2-4-10-6-8-7-11-5-3-9(8)12/h3,5,7,10H,2,4,6H2,1H3,(H,11,12). The summed E-state index contributed by atoms with van der Waals surface area (Å²) in [5.74, 6) is 0. The molecule has 0 fully saturated rings. The first kappa shape index (κ1) is 9.00. The summed E-state index contributed by atoms with van der Waals surface area (Å²) in [4.78, 5) is 14.0. The highest BCUT2D eigenvalue weighted by atomic mass is 16.1. The molecule has 0 bridgehead atoms. The van der Waals surface area contributed by atoms with Crippen LogP contribution in [0.1, 0.15) is 18.9 Å². The monoisotopic (exact) mass is 166 g/mol. The molecule has 66 valence electrons. The maximum atomic E-state index is 11.2. The van der Waals surface area contributed by atoms with E-state index < -0.39 is 0 Å². The average molecular weight is 166 g/mol. The van der Waals surface area contributed by atoms with E-state index in [-0.39, 0.29) is 5.43 Å². The van der Waals surface area contributed by atoms with Gasteiger partial charge >= 0.3 is 0 Å². The average Bonchev–Trinajstić information content (AvgIpc) is 2.09. The maximum absolute atomic E-state index is 11.2. The van der Waals surface area contributed by atoms with Crippen molar-refractivity contribution >= 4 is 0 Å². The molecule has 2 N–H and O–H groups in total. The summed E-state index contributed by atoms with van der Waals surface area (Å²) in [7, 11) is 0. The summed E-state index contributed by atoms with van der Waals surface area (Å²) in [6.07, 6.45) is 4.47. The van der Waals surface area contributed by atoms with Crippen molar-refractivity contribution in [2.75, 3.05) is 6.54 Å². The number of pyridine rings is 1. The Labute approximate surface area is 71.8 Å². The summed E-state index contributed by atoms with van der Waals surface area (Å²) in [5, 5.41) is 3.17. The van der Waals surface area contributed by atoms with Crippen LogP contribution in [0.15, 0.2) is 23.3 Å². The van der Waals surface area contributed by atoms with E-state index in [4.69, 9.17) is 0 Å². The van der Waals surface area contributed by atoms with Crippen LogP contribution in [0.25, 0.3) is 0 Å². The Bertz CT molecular complexity index is 280. The molecule has 3 nitrogen and oxygen atoms in total. The Morgan fingerprint density at radius 1 is 1.58 bits per heavy atom. The fourth-order valence-corrected chi connectivity index (χ4v) is 0.989. The first-order valence-electron chi connectivity index (χ1n) is 4.21. The Morgan fingerprint density at radius 3 is 3.08 bits per heavy atom. The Balaban J connectivity index is 2.52. The van der Waals surface area contributed by atoms with Gasteiger partial charge in [0.15, 0.2) is 5.43 Å². The van der Waals surface area contributed by atoms with Gasteiger partial charge in [-0.1, -0.05) is 6.92 Å². The number of H-pyrrole nitrogens is 1. The molecule has 0 saturated heterocycles. The van der Waals surface area contributed by atoms with Crippen LogP contribution in [-0.4, -0.2) is 11.5 Å². The van der Waals surface area contributed by atoms with Crippen molar-refractivity contribution in [2.24, 2.45) is 0 Å². The van der Waals surface area contributed by atoms with E-state index in [9.17, 15) is 4.79 Å². The van der Waals surface area contributed by atoms with Crippen LogP contribution < -0.4 is 10.7 Å². The van der Waals surface area contributed by atoms with Crippen molar-refractivity contribution in [1.82, 2.24) is 10.3 Å². The minimum atomic E-state index is 0.0948. The molecule has 0 radical (unpaired) electrons. The first-order valence-corrected chi connectivity index (χ1v) is 4.21. The number of hydrogen-bond acceptors (Lipinski definition) is 2. The summed E-state index contributed by atoms with van der Waals surface area (Å²) >= 11 is 0.